The lowest BCUT2D eigenvalue weighted by molar-refractivity contribution is 0.151. The van der Waals surface area contributed by atoms with Crippen LogP contribution >= 0.6 is 0 Å². The van der Waals surface area contributed by atoms with Gasteiger partial charge in [0.05, 0.1) is 0 Å². The van der Waals surface area contributed by atoms with Gasteiger partial charge in [0.15, 0.2) is 5.96 Å². The molecule has 1 N–H and O–H groups in total. The fourth-order valence-corrected chi connectivity index (χ4v) is 4.32. The molecule has 1 aromatic heterocycles. The van der Waals surface area contributed by atoms with Crippen LogP contribution in [-0.2, 0) is 6.54 Å². The summed E-state index contributed by atoms with van der Waals surface area (Å²) >= 11 is 0. The summed E-state index contributed by atoms with van der Waals surface area (Å²) in [6.07, 6.45) is 8.91. The van der Waals surface area contributed by atoms with Gasteiger partial charge in [-0.25, -0.2) is 0 Å². The van der Waals surface area contributed by atoms with E-state index in [-0.39, 0.29) is 0 Å². The molecule has 0 radical (unpaired) electrons. The van der Waals surface area contributed by atoms with Crippen molar-refractivity contribution in [2.45, 2.75) is 38.6 Å². The lowest BCUT2D eigenvalue weighted by Gasteiger charge is -2.38. The van der Waals surface area contributed by atoms with E-state index < -0.39 is 0 Å². The zero-order chi connectivity index (χ0) is 16.4. The van der Waals surface area contributed by atoms with Crippen molar-refractivity contribution in [3.05, 3.63) is 36.5 Å². The van der Waals surface area contributed by atoms with Crippen LogP contribution in [0.1, 0.15) is 32.1 Å². The van der Waals surface area contributed by atoms with E-state index in [9.17, 15) is 0 Å². The second kappa shape index (κ2) is 6.50. The molecule has 1 saturated carbocycles. The molecule has 4 nitrogen and oxygen atoms in total. The van der Waals surface area contributed by atoms with Crippen LogP contribution in [0.3, 0.4) is 0 Å². The van der Waals surface area contributed by atoms with Gasteiger partial charge >= 0.3 is 0 Å². The largest absolute Gasteiger partial charge is 0.356 e. The molecular formula is C20H28N4. The van der Waals surface area contributed by atoms with Crippen molar-refractivity contribution in [3.8, 4) is 0 Å². The third kappa shape index (κ3) is 2.90. The molecule has 0 bridgehead atoms. The summed E-state index contributed by atoms with van der Waals surface area (Å²) in [6.45, 7) is 4.39. The molecule has 1 aliphatic carbocycles. The zero-order valence-corrected chi connectivity index (χ0v) is 14.7. The minimum atomic E-state index is 0.627. The molecule has 2 fully saturated rings. The van der Waals surface area contributed by atoms with Crippen molar-refractivity contribution in [2.75, 3.05) is 26.7 Å². The molecule has 0 amide bonds. The Morgan fingerprint density at radius 3 is 2.83 bits per heavy atom. The maximum absolute atomic E-state index is 4.50. The number of hydrogen-bond donors (Lipinski definition) is 1. The van der Waals surface area contributed by atoms with Crippen molar-refractivity contribution >= 4 is 16.9 Å². The number of likely N-dealkylation sites (tertiary alicyclic amines) is 1. The second-order valence-electron chi connectivity index (χ2n) is 7.42. The Morgan fingerprint density at radius 2 is 2.08 bits per heavy atom. The smallest absolute Gasteiger partial charge is 0.193 e. The second-order valence-corrected chi connectivity index (χ2v) is 7.42. The Bertz CT molecular complexity index is 726. The molecule has 0 unspecified atom stereocenters. The Labute approximate surface area is 144 Å². The van der Waals surface area contributed by atoms with E-state index in [1.165, 1.54) is 49.7 Å². The number of aliphatic imine (C=N–C) groups is 1. The molecule has 1 saturated heterocycles. The van der Waals surface area contributed by atoms with E-state index in [0.29, 0.717) is 5.41 Å². The van der Waals surface area contributed by atoms with Gasteiger partial charge in [-0.1, -0.05) is 24.6 Å². The summed E-state index contributed by atoms with van der Waals surface area (Å²) in [4.78, 5) is 6.97. The summed E-state index contributed by atoms with van der Waals surface area (Å²) in [6, 6.07) is 10.8. The minimum absolute atomic E-state index is 0.627. The van der Waals surface area contributed by atoms with E-state index in [1.807, 2.05) is 7.05 Å². The van der Waals surface area contributed by atoms with Gasteiger partial charge in [-0.05, 0) is 48.6 Å². The zero-order valence-electron chi connectivity index (χ0n) is 14.7. The Morgan fingerprint density at radius 1 is 1.21 bits per heavy atom. The maximum atomic E-state index is 4.50. The topological polar surface area (TPSA) is 32.6 Å². The van der Waals surface area contributed by atoms with Crippen LogP contribution in [0.4, 0.5) is 0 Å². The van der Waals surface area contributed by atoms with Crippen LogP contribution in [0.5, 0.6) is 0 Å². The first-order valence-corrected chi connectivity index (χ1v) is 9.29. The van der Waals surface area contributed by atoms with Gasteiger partial charge in [-0.2, -0.15) is 0 Å². The predicted octanol–water partition coefficient (Wildman–Crippen LogP) is 3.48. The van der Waals surface area contributed by atoms with Crippen LogP contribution in [0.25, 0.3) is 10.9 Å². The first-order chi connectivity index (χ1) is 11.8. The highest BCUT2D eigenvalue weighted by molar-refractivity contribution is 5.80. The monoisotopic (exact) mass is 324 g/mol. The quantitative estimate of drug-likeness (QED) is 0.530. The molecular weight excluding hydrogens is 296 g/mol. The predicted molar refractivity (Wildman–Crippen MR) is 100 cm³/mol. The van der Waals surface area contributed by atoms with Crippen LogP contribution in [0.2, 0.25) is 0 Å². The highest BCUT2D eigenvalue weighted by Gasteiger charge is 2.43. The van der Waals surface area contributed by atoms with Crippen LogP contribution in [-0.4, -0.2) is 42.1 Å². The highest BCUT2D eigenvalue weighted by Crippen LogP contribution is 2.47. The standard InChI is InChI=1S/C20H28N4/c1-21-19(24-15-11-20(16-24)9-4-10-20)22-12-5-13-23-14-8-17-6-2-3-7-18(17)23/h2-3,6-8,14H,4-5,9-13,15-16H2,1H3,(H,21,22). The molecule has 1 aliphatic heterocycles. The highest BCUT2D eigenvalue weighted by atomic mass is 15.3. The summed E-state index contributed by atoms with van der Waals surface area (Å²) in [5.41, 5.74) is 1.95. The third-order valence-corrected chi connectivity index (χ3v) is 5.90. The fraction of sp³-hybridized carbons (Fsp3) is 0.550. The molecule has 2 aromatic rings. The molecule has 2 heterocycles. The number of hydrogen-bond acceptors (Lipinski definition) is 1. The number of nitrogens with one attached hydrogen (secondary N) is 1. The number of aryl methyl sites for hydroxylation is 1. The molecule has 1 aromatic carbocycles. The van der Waals surface area contributed by atoms with Crippen molar-refractivity contribution in [1.82, 2.24) is 14.8 Å². The molecule has 2 aliphatic rings. The lowest BCUT2D eigenvalue weighted by Crippen LogP contribution is -2.42. The van der Waals surface area contributed by atoms with E-state index >= 15 is 0 Å². The van der Waals surface area contributed by atoms with Gasteiger partial charge in [0.25, 0.3) is 0 Å². The van der Waals surface area contributed by atoms with Gasteiger partial charge in [0.2, 0.25) is 0 Å². The van der Waals surface area contributed by atoms with Gasteiger partial charge in [0.1, 0.15) is 0 Å². The van der Waals surface area contributed by atoms with Crippen LogP contribution < -0.4 is 5.32 Å². The SMILES string of the molecule is CN=C(NCCCn1ccc2ccccc21)N1CCC2(CCC2)C1. The summed E-state index contributed by atoms with van der Waals surface area (Å²) in [5.74, 6) is 1.09. The molecule has 1 spiro atoms. The number of aromatic nitrogens is 1. The van der Waals surface area contributed by atoms with Crippen molar-refractivity contribution in [3.63, 3.8) is 0 Å². The van der Waals surface area contributed by atoms with Crippen LogP contribution in [0.15, 0.2) is 41.5 Å². The van der Waals surface area contributed by atoms with Gasteiger partial charge in [0, 0.05) is 44.9 Å². The average Bonchev–Trinajstić information content (AvgIpc) is 3.20. The van der Waals surface area contributed by atoms with E-state index in [0.717, 1.165) is 25.5 Å². The van der Waals surface area contributed by atoms with E-state index in [2.05, 4.69) is 56.3 Å². The van der Waals surface area contributed by atoms with Gasteiger partial charge in [-0.15, -0.1) is 0 Å². The molecule has 4 rings (SSSR count). The average molecular weight is 324 g/mol. The van der Waals surface area contributed by atoms with Gasteiger partial charge < -0.3 is 14.8 Å². The molecule has 0 atom stereocenters. The molecule has 4 heteroatoms. The van der Waals surface area contributed by atoms with Crippen LogP contribution in [0, 0.1) is 5.41 Å². The normalized spacial score (nSPS) is 19.9. The molecule has 128 valence electrons. The summed E-state index contributed by atoms with van der Waals surface area (Å²) in [7, 11) is 1.91. The van der Waals surface area contributed by atoms with Crippen molar-refractivity contribution < 1.29 is 0 Å². The summed E-state index contributed by atoms with van der Waals surface area (Å²) in [5, 5.41) is 4.89. The minimum Gasteiger partial charge on any atom is -0.356 e. The Balaban J connectivity index is 1.27. The third-order valence-electron chi connectivity index (χ3n) is 5.90. The number of nitrogens with zero attached hydrogens (tertiary/aromatic N) is 3. The number of guanidine groups is 1. The number of benzene rings is 1. The van der Waals surface area contributed by atoms with E-state index in [4.69, 9.17) is 0 Å². The van der Waals surface area contributed by atoms with Crippen molar-refractivity contribution in [1.29, 1.82) is 0 Å². The maximum Gasteiger partial charge on any atom is 0.193 e. The fourth-order valence-electron chi connectivity index (χ4n) is 4.32. The van der Waals surface area contributed by atoms with Gasteiger partial charge in [-0.3, -0.25) is 4.99 Å². The lowest BCUT2D eigenvalue weighted by atomic mass is 9.68. The summed E-state index contributed by atoms with van der Waals surface area (Å²) < 4.78 is 2.35. The first-order valence-electron chi connectivity index (χ1n) is 9.29. The Hall–Kier alpha value is -1.97. The number of rotatable bonds is 4. The number of fused-ring (bicyclic) bond motifs is 1. The van der Waals surface area contributed by atoms with Crippen molar-refractivity contribution in [2.24, 2.45) is 10.4 Å². The Kier molecular flexibility index (Phi) is 4.21. The number of para-hydroxylation sites is 1. The first kappa shape index (κ1) is 15.6. The molecule has 24 heavy (non-hydrogen) atoms. The van der Waals surface area contributed by atoms with E-state index in [1.54, 1.807) is 0 Å².